The molecule has 0 fully saturated rings. The average Bonchev–Trinajstić information content (AvgIpc) is 3.04. The molecule has 4 rings (SSSR count). The molecule has 27 heavy (non-hydrogen) atoms. The molecule has 0 saturated carbocycles. The molecule has 1 aromatic heterocycles. The lowest BCUT2D eigenvalue weighted by Crippen LogP contribution is -2.28. The molecular formula is C22H21N3O2. The van der Waals surface area contributed by atoms with Crippen molar-refractivity contribution < 1.29 is 9.53 Å². The minimum absolute atomic E-state index is 0.0452. The number of carbonyl (C=O) groups is 1. The number of methoxy groups -OCH3 is 1. The Morgan fingerprint density at radius 1 is 1.04 bits per heavy atom. The van der Waals surface area contributed by atoms with Gasteiger partial charge in [-0.2, -0.15) is 0 Å². The minimum atomic E-state index is -0.152. The van der Waals surface area contributed by atoms with Crippen LogP contribution in [0.4, 0.5) is 0 Å². The Labute approximate surface area is 157 Å². The first-order valence-electron chi connectivity index (χ1n) is 8.92. The molecule has 0 aliphatic rings. The Kier molecular flexibility index (Phi) is 4.85. The smallest absolute Gasteiger partial charge is 0.246 e. The molecule has 1 heterocycles. The van der Waals surface area contributed by atoms with Gasteiger partial charge in [0.25, 0.3) is 0 Å². The highest BCUT2D eigenvalue weighted by atomic mass is 16.5. The zero-order chi connectivity index (χ0) is 18.6. The van der Waals surface area contributed by atoms with Gasteiger partial charge in [-0.05, 0) is 28.5 Å². The van der Waals surface area contributed by atoms with Crippen LogP contribution in [0.25, 0.3) is 21.8 Å². The molecule has 5 nitrogen and oxygen atoms in total. The minimum Gasteiger partial charge on any atom is -0.375 e. The van der Waals surface area contributed by atoms with Crippen molar-refractivity contribution in [1.82, 2.24) is 14.9 Å². The van der Waals surface area contributed by atoms with E-state index in [-0.39, 0.29) is 12.5 Å². The standard InChI is InChI=1S/C22H21N3O2/c1-27-15-22(26)23-13-21-24-19-11-4-5-12-20(19)25(21)14-17-9-6-8-16-7-2-3-10-18(16)17/h2-12H,13-15H2,1H3,(H,23,26). The van der Waals surface area contributed by atoms with Crippen molar-refractivity contribution >= 4 is 27.7 Å². The van der Waals surface area contributed by atoms with Gasteiger partial charge in [0.1, 0.15) is 12.4 Å². The van der Waals surface area contributed by atoms with Gasteiger partial charge in [-0.3, -0.25) is 4.79 Å². The fraction of sp³-hybridized carbons (Fsp3) is 0.182. The zero-order valence-corrected chi connectivity index (χ0v) is 15.2. The molecule has 4 aromatic rings. The summed E-state index contributed by atoms with van der Waals surface area (Å²) in [7, 11) is 1.51. The monoisotopic (exact) mass is 359 g/mol. The number of hydrogen-bond donors (Lipinski definition) is 1. The van der Waals surface area contributed by atoms with Crippen LogP contribution in [0.5, 0.6) is 0 Å². The normalized spacial score (nSPS) is 11.1. The van der Waals surface area contributed by atoms with E-state index in [1.165, 1.54) is 23.4 Å². The lowest BCUT2D eigenvalue weighted by Gasteiger charge is -2.12. The van der Waals surface area contributed by atoms with E-state index in [0.29, 0.717) is 13.1 Å². The van der Waals surface area contributed by atoms with E-state index < -0.39 is 0 Å². The van der Waals surface area contributed by atoms with Gasteiger partial charge < -0.3 is 14.6 Å². The van der Waals surface area contributed by atoms with E-state index in [4.69, 9.17) is 9.72 Å². The predicted octanol–water partition coefficient (Wildman–Crippen LogP) is 3.50. The van der Waals surface area contributed by atoms with Gasteiger partial charge in [0.15, 0.2) is 0 Å². The van der Waals surface area contributed by atoms with Crippen LogP contribution in [0, 0.1) is 0 Å². The molecule has 0 bridgehead atoms. The second-order valence-corrected chi connectivity index (χ2v) is 6.45. The fourth-order valence-corrected chi connectivity index (χ4v) is 3.40. The number of fused-ring (bicyclic) bond motifs is 2. The van der Waals surface area contributed by atoms with E-state index in [1.807, 2.05) is 18.2 Å². The van der Waals surface area contributed by atoms with E-state index in [2.05, 4.69) is 58.4 Å². The zero-order valence-electron chi connectivity index (χ0n) is 15.2. The number of nitrogens with zero attached hydrogens (tertiary/aromatic N) is 2. The van der Waals surface area contributed by atoms with Gasteiger partial charge in [-0.15, -0.1) is 0 Å². The maximum Gasteiger partial charge on any atom is 0.246 e. The van der Waals surface area contributed by atoms with Crippen LogP contribution < -0.4 is 5.32 Å². The number of ether oxygens (including phenoxy) is 1. The van der Waals surface area contributed by atoms with Gasteiger partial charge in [0, 0.05) is 7.11 Å². The van der Waals surface area contributed by atoms with Crippen LogP contribution >= 0.6 is 0 Å². The summed E-state index contributed by atoms with van der Waals surface area (Å²) in [6.45, 7) is 1.10. The number of carbonyl (C=O) groups excluding carboxylic acids is 1. The SMILES string of the molecule is COCC(=O)NCc1nc2ccccc2n1Cc1cccc2ccccc12. The molecule has 0 atom stereocenters. The number of imidazole rings is 1. The Bertz CT molecular complexity index is 1100. The van der Waals surface area contributed by atoms with Gasteiger partial charge in [0.2, 0.25) is 5.91 Å². The molecule has 3 aromatic carbocycles. The molecule has 0 spiro atoms. The van der Waals surface area contributed by atoms with Crippen molar-refractivity contribution in [2.24, 2.45) is 0 Å². The lowest BCUT2D eigenvalue weighted by molar-refractivity contribution is -0.124. The van der Waals surface area contributed by atoms with Gasteiger partial charge in [-0.25, -0.2) is 4.98 Å². The molecule has 1 amide bonds. The first kappa shape index (κ1) is 17.2. The van der Waals surface area contributed by atoms with E-state index in [0.717, 1.165) is 16.9 Å². The summed E-state index contributed by atoms with van der Waals surface area (Å²) in [6.07, 6.45) is 0. The third-order valence-corrected chi connectivity index (χ3v) is 4.66. The Morgan fingerprint density at radius 3 is 2.70 bits per heavy atom. The van der Waals surface area contributed by atoms with Crippen molar-refractivity contribution in [3.63, 3.8) is 0 Å². The molecular weight excluding hydrogens is 338 g/mol. The molecule has 0 aliphatic carbocycles. The second kappa shape index (κ2) is 7.60. The quantitative estimate of drug-likeness (QED) is 0.573. The predicted molar refractivity (Wildman–Crippen MR) is 107 cm³/mol. The average molecular weight is 359 g/mol. The first-order valence-corrected chi connectivity index (χ1v) is 8.92. The number of benzene rings is 3. The largest absolute Gasteiger partial charge is 0.375 e. The van der Waals surface area contributed by atoms with Crippen molar-refractivity contribution in [3.8, 4) is 0 Å². The number of amides is 1. The molecule has 1 N–H and O–H groups in total. The first-order chi connectivity index (χ1) is 13.3. The summed E-state index contributed by atoms with van der Waals surface area (Å²) in [4.78, 5) is 16.5. The summed E-state index contributed by atoms with van der Waals surface area (Å²) >= 11 is 0. The third kappa shape index (κ3) is 3.55. The summed E-state index contributed by atoms with van der Waals surface area (Å²) < 4.78 is 7.06. The van der Waals surface area contributed by atoms with Crippen molar-refractivity contribution in [2.75, 3.05) is 13.7 Å². The maximum atomic E-state index is 11.8. The van der Waals surface area contributed by atoms with Gasteiger partial charge in [0.05, 0.1) is 24.1 Å². The fourth-order valence-electron chi connectivity index (χ4n) is 3.40. The number of nitrogens with one attached hydrogen (secondary N) is 1. The highest BCUT2D eigenvalue weighted by Crippen LogP contribution is 2.23. The lowest BCUT2D eigenvalue weighted by atomic mass is 10.0. The van der Waals surface area contributed by atoms with Crippen molar-refractivity contribution in [2.45, 2.75) is 13.1 Å². The highest BCUT2D eigenvalue weighted by molar-refractivity contribution is 5.86. The number of hydrogen-bond acceptors (Lipinski definition) is 3. The summed E-state index contributed by atoms with van der Waals surface area (Å²) in [5.74, 6) is 0.676. The molecule has 0 unspecified atom stereocenters. The van der Waals surface area contributed by atoms with Crippen LogP contribution in [0.15, 0.2) is 66.7 Å². The van der Waals surface area contributed by atoms with Crippen molar-refractivity contribution in [3.05, 3.63) is 78.1 Å². The van der Waals surface area contributed by atoms with Gasteiger partial charge in [-0.1, -0.05) is 54.6 Å². The molecule has 0 saturated heterocycles. The van der Waals surface area contributed by atoms with Crippen LogP contribution in [-0.2, 0) is 22.6 Å². The topological polar surface area (TPSA) is 56.1 Å². The Balaban J connectivity index is 1.73. The van der Waals surface area contributed by atoms with Crippen molar-refractivity contribution in [1.29, 1.82) is 0 Å². The molecule has 0 aliphatic heterocycles. The van der Waals surface area contributed by atoms with E-state index >= 15 is 0 Å². The molecule has 136 valence electrons. The molecule has 0 radical (unpaired) electrons. The highest BCUT2D eigenvalue weighted by Gasteiger charge is 2.13. The number of para-hydroxylation sites is 2. The third-order valence-electron chi connectivity index (χ3n) is 4.66. The van der Waals surface area contributed by atoms with Crippen LogP contribution in [-0.4, -0.2) is 29.2 Å². The second-order valence-electron chi connectivity index (χ2n) is 6.45. The van der Waals surface area contributed by atoms with Crippen LogP contribution in [0.2, 0.25) is 0 Å². The van der Waals surface area contributed by atoms with Gasteiger partial charge >= 0.3 is 0 Å². The van der Waals surface area contributed by atoms with Crippen LogP contribution in [0.1, 0.15) is 11.4 Å². The molecule has 5 heteroatoms. The maximum absolute atomic E-state index is 11.8. The van der Waals surface area contributed by atoms with Crippen LogP contribution in [0.3, 0.4) is 0 Å². The Hall–Kier alpha value is -3.18. The summed E-state index contributed by atoms with van der Waals surface area (Å²) in [6, 6.07) is 22.8. The summed E-state index contributed by atoms with van der Waals surface area (Å²) in [5, 5.41) is 5.32. The van der Waals surface area contributed by atoms with E-state index in [9.17, 15) is 4.79 Å². The number of aromatic nitrogens is 2. The number of rotatable bonds is 6. The van der Waals surface area contributed by atoms with E-state index in [1.54, 1.807) is 0 Å². The Morgan fingerprint density at radius 2 is 1.81 bits per heavy atom. The summed E-state index contributed by atoms with van der Waals surface area (Å²) in [5.41, 5.74) is 3.20.